The van der Waals surface area contributed by atoms with Crippen LogP contribution in [-0.4, -0.2) is 60.3 Å². The number of carbonyl (C=O) groups excluding carboxylic acids is 2. The molecule has 12 atom stereocenters. The van der Waals surface area contributed by atoms with E-state index in [9.17, 15) is 19.8 Å². The van der Waals surface area contributed by atoms with Crippen molar-refractivity contribution < 1.29 is 39.7 Å². The van der Waals surface area contributed by atoms with Crippen molar-refractivity contribution in [1.82, 2.24) is 10.6 Å². The maximum absolute atomic E-state index is 11.5. The zero-order valence-corrected chi connectivity index (χ0v) is 27.2. The van der Waals surface area contributed by atoms with Crippen molar-refractivity contribution in [2.45, 2.75) is 127 Å². The molecule has 5 rings (SSSR count). The van der Waals surface area contributed by atoms with Crippen LogP contribution >= 0.6 is 0 Å². The van der Waals surface area contributed by atoms with Gasteiger partial charge in [-0.05, 0) is 69.9 Å². The van der Waals surface area contributed by atoms with Crippen molar-refractivity contribution in [3.8, 4) is 0 Å². The summed E-state index contributed by atoms with van der Waals surface area (Å²) in [6.07, 6.45) is 8.47. The number of carbonyl (C=O) groups is 2. The number of carboxylic acid groups (broad SMARTS) is 2. The Balaban J connectivity index is 0.00000235. The molecule has 8 nitrogen and oxygen atoms in total. The van der Waals surface area contributed by atoms with E-state index in [2.05, 4.69) is 51.5 Å². The van der Waals surface area contributed by atoms with Crippen LogP contribution < -0.4 is 20.8 Å². The number of nitrogens with one attached hydrogen (secondary N) is 2. The Hall–Kier alpha value is -1.74. The van der Waals surface area contributed by atoms with E-state index in [4.69, 9.17) is 10.6 Å². The summed E-state index contributed by atoms with van der Waals surface area (Å²) in [6.45, 7) is 17.2. The van der Waals surface area contributed by atoms with Gasteiger partial charge >= 0.3 is 19.9 Å². The molecule has 237 valence electrons. The summed E-state index contributed by atoms with van der Waals surface area (Å²) in [5.41, 5.74) is 5.18. The number of fused-ring (bicyclic) bond motifs is 8. The Kier molecular flexibility index (Phi) is 11.2. The second-order valence-electron chi connectivity index (χ2n) is 13.6. The summed E-state index contributed by atoms with van der Waals surface area (Å²) in [7, 11) is 0. The van der Waals surface area contributed by atoms with E-state index < -0.39 is 11.9 Å². The fraction of sp³-hybridized carbons (Fsp3) is 0.706. The molecule has 5 heterocycles. The molecule has 2 N–H and O–H groups in total. The van der Waals surface area contributed by atoms with Gasteiger partial charge in [-0.15, -0.1) is 24.2 Å². The van der Waals surface area contributed by atoms with Gasteiger partial charge in [0.15, 0.2) is 0 Å². The van der Waals surface area contributed by atoms with Gasteiger partial charge in [-0.2, -0.15) is 0 Å². The molecule has 0 saturated carbocycles. The third-order valence-corrected chi connectivity index (χ3v) is 11.5. The molecule has 5 aliphatic rings. The first-order valence-corrected chi connectivity index (χ1v) is 16.0. The third kappa shape index (κ3) is 6.92. The summed E-state index contributed by atoms with van der Waals surface area (Å²) >= 11 is 0. The van der Waals surface area contributed by atoms with E-state index >= 15 is 0 Å². The topological polar surface area (TPSA) is 133 Å². The van der Waals surface area contributed by atoms with Crippen LogP contribution in [0.2, 0.25) is 0 Å². The van der Waals surface area contributed by atoms with Crippen LogP contribution in [0.5, 0.6) is 0 Å². The van der Waals surface area contributed by atoms with E-state index in [0.717, 1.165) is 25.7 Å². The molecule has 0 spiro atoms. The van der Waals surface area contributed by atoms with Crippen molar-refractivity contribution in [3.63, 3.8) is 0 Å². The van der Waals surface area contributed by atoms with Crippen molar-refractivity contribution >= 4 is 11.9 Å². The predicted molar refractivity (Wildman–Crippen MR) is 164 cm³/mol. The minimum atomic E-state index is -1.02. The number of hydrogen-bond donors (Lipinski definition) is 2. The van der Waals surface area contributed by atoms with Crippen LogP contribution in [-0.2, 0) is 26.7 Å². The normalized spacial score (nSPS) is 40.8. The van der Waals surface area contributed by atoms with Gasteiger partial charge in [0.05, 0.1) is 0 Å². The van der Waals surface area contributed by atoms with Gasteiger partial charge < -0.3 is 41.1 Å². The van der Waals surface area contributed by atoms with Crippen LogP contribution in [0.1, 0.15) is 81.9 Å². The van der Waals surface area contributed by atoms with E-state index in [1.807, 2.05) is 12.2 Å². The van der Waals surface area contributed by atoms with Crippen molar-refractivity contribution in [3.05, 3.63) is 58.2 Å². The van der Waals surface area contributed by atoms with Gasteiger partial charge in [-0.1, -0.05) is 80.4 Å². The first kappa shape index (κ1) is 34.1. The zero-order valence-electron chi connectivity index (χ0n) is 28.1. The molecule has 0 aliphatic carbocycles. The van der Waals surface area contributed by atoms with Gasteiger partial charge in [-0.25, -0.2) is 0 Å². The predicted octanol–water partition coefficient (Wildman–Crippen LogP) is 3.28. The number of hydrogen-bond acceptors (Lipinski definition) is 6. The summed E-state index contributed by atoms with van der Waals surface area (Å²) in [6, 6.07) is 0.892. The van der Waals surface area contributed by atoms with Crippen LogP contribution in [0.15, 0.2) is 47.6 Å². The Morgan fingerprint density at radius 1 is 0.744 bits per heavy atom. The molecule has 3 saturated heterocycles. The first-order valence-electron chi connectivity index (χ1n) is 16.0. The largest absolute Gasteiger partial charge is 2.00 e. The molecular formula is C34H50MnN4O4. The average molecular weight is 634 g/mol. The molecule has 3 fully saturated rings. The molecule has 0 aromatic carbocycles. The fourth-order valence-electron chi connectivity index (χ4n) is 9.08. The average Bonchev–Trinajstić information content (AvgIpc) is 3.59. The first-order chi connectivity index (χ1) is 20.0. The zero-order chi connectivity index (χ0) is 30.3. The molecular weight excluding hydrogens is 583 g/mol. The van der Waals surface area contributed by atoms with E-state index in [0.29, 0.717) is 12.8 Å². The quantitative estimate of drug-likeness (QED) is 0.395. The second-order valence-corrected chi connectivity index (χ2v) is 13.6. The van der Waals surface area contributed by atoms with Crippen LogP contribution in [0, 0.1) is 23.7 Å². The Labute approximate surface area is 271 Å². The van der Waals surface area contributed by atoms with Gasteiger partial charge in [0, 0.05) is 36.1 Å². The Morgan fingerprint density at radius 2 is 1.14 bits per heavy atom. The van der Waals surface area contributed by atoms with E-state index in [1.165, 1.54) is 22.3 Å². The molecule has 1 radical (unpaired) electrons. The molecule has 8 bridgehead atoms. The van der Waals surface area contributed by atoms with Crippen molar-refractivity contribution in [2.75, 3.05) is 0 Å². The van der Waals surface area contributed by atoms with Gasteiger partial charge in [0.2, 0.25) is 0 Å². The molecule has 0 amide bonds. The summed E-state index contributed by atoms with van der Waals surface area (Å²) < 4.78 is 0. The Morgan fingerprint density at radius 3 is 1.56 bits per heavy atom. The minimum absolute atomic E-state index is 0. The van der Waals surface area contributed by atoms with Crippen molar-refractivity contribution in [1.29, 1.82) is 0 Å². The van der Waals surface area contributed by atoms with Crippen molar-refractivity contribution in [2.24, 2.45) is 23.7 Å². The molecule has 43 heavy (non-hydrogen) atoms. The maximum Gasteiger partial charge on any atom is 2.00 e. The molecule has 0 aromatic heterocycles. The summed E-state index contributed by atoms with van der Waals surface area (Å²) in [4.78, 5) is 23.0. The summed E-state index contributed by atoms with van der Waals surface area (Å²) in [5.74, 6) is -1.32. The van der Waals surface area contributed by atoms with Gasteiger partial charge in [0.1, 0.15) is 0 Å². The van der Waals surface area contributed by atoms with E-state index in [1.54, 1.807) is 0 Å². The minimum Gasteiger partial charge on any atom is -0.656 e. The molecule has 9 heteroatoms. The molecule has 5 aliphatic heterocycles. The number of aliphatic carboxylic acids is 2. The van der Waals surface area contributed by atoms with Gasteiger partial charge in [-0.3, -0.25) is 0 Å². The Bertz CT molecular complexity index is 1170. The monoisotopic (exact) mass is 633 g/mol. The number of rotatable bonds is 8. The van der Waals surface area contributed by atoms with Gasteiger partial charge in [0.25, 0.3) is 0 Å². The fourth-order valence-corrected chi connectivity index (χ4v) is 9.08. The SMILES string of the molecule is C=CC1=C(C)C2CC3[N-]C(CC4[N-]C(CC5NC(CC1N2)C(C)=C5C=C)C(C)C4CCC(=O)[O-])C(CCC(=O)[O-])C3C.[H+].[H+].[Mn+2]. The molecule has 0 aromatic rings. The molecule has 12 unspecified atom stereocenters. The number of carboxylic acids is 2. The second kappa shape index (κ2) is 14.1. The maximum atomic E-state index is 11.5. The standard InChI is InChI=1S/C34H50N4O4.Mn/c1-7-21-17(3)25-13-26-19(5)23(9-11-33(39)40)31(37-26)16-32-24(10-12-34(41)42)20(6)28(38-32)15-30-22(8-2)18(4)27(36-30)14-29(21)35-25;/h7-8,19-20,23-32,35-36H,1-2,9-16H2,3-6H3,(H,39,40)(H,41,42);/q-2;+2. The number of nitrogens with zero attached hydrogens (tertiary/aromatic N) is 2. The third-order valence-electron chi connectivity index (χ3n) is 11.5. The van der Waals surface area contributed by atoms with Crippen LogP contribution in [0.3, 0.4) is 0 Å². The van der Waals surface area contributed by atoms with Crippen LogP contribution in [0.25, 0.3) is 10.6 Å². The van der Waals surface area contributed by atoms with Crippen LogP contribution in [0.4, 0.5) is 0 Å². The van der Waals surface area contributed by atoms with E-state index in [-0.39, 0.29) is 105 Å². The smallest absolute Gasteiger partial charge is 0.656 e. The summed E-state index contributed by atoms with van der Waals surface area (Å²) in [5, 5.41) is 41.6.